The van der Waals surface area contributed by atoms with Gasteiger partial charge in [-0.3, -0.25) is 0 Å². The average Bonchev–Trinajstić information content (AvgIpc) is 2.23. The molecule has 0 bridgehead atoms. The Morgan fingerprint density at radius 2 is 2.00 bits per heavy atom. The molecule has 0 atom stereocenters. The zero-order chi connectivity index (χ0) is 10.5. The fourth-order valence-electron chi connectivity index (χ4n) is 2.52. The van der Waals surface area contributed by atoms with E-state index in [1.54, 1.807) is 0 Å². The molecule has 0 aromatic heterocycles. The van der Waals surface area contributed by atoms with Crippen molar-refractivity contribution in [1.82, 2.24) is 10.6 Å². The van der Waals surface area contributed by atoms with Gasteiger partial charge in [0.2, 0.25) is 0 Å². The van der Waals surface area contributed by atoms with Gasteiger partial charge in [0.25, 0.3) is 0 Å². The molecule has 15 heavy (non-hydrogen) atoms. The van der Waals surface area contributed by atoms with Gasteiger partial charge in [-0.25, -0.2) is 0 Å². The Kier molecular flexibility index (Phi) is 4.42. The molecule has 2 aliphatic rings. The van der Waals surface area contributed by atoms with Crippen LogP contribution in [-0.4, -0.2) is 38.4 Å². The van der Waals surface area contributed by atoms with Gasteiger partial charge in [0.15, 0.2) is 0 Å². The summed E-state index contributed by atoms with van der Waals surface area (Å²) in [5.74, 6) is 0.900. The lowest BCUT2D eigenvalue weighted by Crippen LogP contribution is -2.47. The van der Waals surface area contributed by atoms with Crippen LogP contribution in [0.2, 0.25) is 0 Å². The highest BCUT2D eigenvalue weighted by molar-refractivity contribution is 4.86. The molecule has 3 heteroatoms. The number of rotatable bonds is 5. The van der Waals surface area contributed by atoms with E-state index in [1.807, 2.05) is 0 Å². The molecule has 2 rings (SSSR count). The van der Waals surface area contributed by atoms with Gasteiger partial charge in [-0.1, -0.05) is 0 Å². The van der Waals surface area contributed by atoms with Crippen LogP contribution in [0.15, 0.2) is 0 Å². The predicted molar refractivity (Wildman–Crippen MR) is 62.0 cm³/mol. The minimum Gasteiger partial charge on any atom is -0.378 e. The minimum absolute atomic E-state index is 0.542. The number of ether oxygens (including phenoxy) is 1. The van der Waals surface area contributed by atoms with Crippen LogP contribution in [0.3, 0.4) is 0 Å². The number of hydrogen-bond donors (Lipinski definition) is 2. The average molecular weight is 212 g/mol. The van der Waals surface area contributed by atoms with E-state index in [-0.39, 0.29) is 0 Å². The number of hydrogen-bond acceptors (Lipinski definition) is 3. The van der Waals surface area contributed by atoms with Crippen LogP contribution in [-0.2, 0) is 4.74 Å². The first-order valence-corrected chi connectivity index (χ1v) is 6.44. The van der Waals surface area contributed by atoms with Gasteiger partial charge in [0, 0.05) is 12.6 Å². The quantitative estimate of drug-likeness (QED) is 0.717. The number of piperidine rings is 1. The van der Waals surface area contributed by atoms with Crippen molar-refractivity contribution in [2.24, 2.45) is 5.92 Å². The fraction of sp³-hybridized carbons (Fsp3) is 1.00. The van der Waals surface area contributed by atoms with Gasteiger partial charge in [-0.05, 0) is 58.2 Å². The van der Waals surface area contributed by atoms with Crippen molar-refractivity contribution in [1.29, 1.82) is 0 Å². The molecule has 88 valence electrons. The molecule has 1 saturated heterocycles. The summed E-state index contributed by atoms with van der Waals surface area (Å²) >= 11 is 0. The Hall–Kier alpha value is -0.120. The Bertz CT molecular complexity index is 174. The second-order valence-electron chi connectivity index (χ2n) is 4.85. The van der Waals surface area contributed by atoms with E-state index in [1.165, 1.54) is 45.3 Å². The van der Waals surface area contributed by atoms with E-state index >= 15 is 0 Å². The van der Waals surface area contributed by atoms with Crippen molar-refractivity contribution >= 4 is 0 Å². The van der Waals surface area contributed by atoms with Crippen LogP contribution < -0.4 is 10.6 Å². The molecule has 2 fully saturated rings. The third-order valence-electron chi connectivity index (χ3n) is 3.65. The highest BCUT2D eigenvalue weighted by Gasteiger charge is 2.29. The Morgan fingerprint density at radius 3 is 2.67 bits per heavy atom. The third-order valence-corrected chi connectivity index (χ3v) is 3.65. The maximum atomic E-state index is 5.55. The molecule has 0 radical (unpaired) electrons. The molecule has 2 N–H and O–H groups in total. The van der Waals surface area contributed by atoms with Crippen LogP contribution in [0.4, 0.5) is 0 Å². The van der Waals surface area contributed by atoms with Crippen molar-refractivity contribution < 1.29 is 4.74 Å². The van der Waals surface area contributed by atoms with Crippen LogP contribution in [0.1, 0.15) is 32.6 Å². The molecule has 0 aromatic rings. The summed E-state index contributed by atoms with van der Waals surface area (Å²) in [5, 5.41) is 7.08. The standard InChI is InChI=1S/C12H24N2O/c1-2-15-12-7-11(8-12)14-9-10-3-5-13-6-4-10/h10-14H,2-9H2,1H3. The van der Waals surface area contributed by atoms with Gasteiger partial charge in [0.1, 0.15) is 0 Å². The Labute approximate surface area is 93.0 Å². The fourth-order valence-corrected chi connectivity index (χ4v) is 2.52. The first-order chi connectivity index (χ1) is 7.38. The molecule has 0 unspecified atom stereocenters. The molecule has 1 aliphatic carbocycles. The normalized spacial score (nSPS) is 32.6. The van der Waals surface area contributed by atoms with Crippen molar-refractivity contribution in [3.63, 3.8) is 0 Å². The summed E-state index contributed by atoms with van der Waals surface area (Å²) in [4.78, 5) is 0. The van der Waals surface area contributed by atoms with Crippen molar-refractivity contribution in [2.45, 2.75) is 44.8 Å². The van der Waals surface area contributed by atoms with Gasteiger partial charge in [-0.2, -0.15) is 0 Å². The lowest BCUT2D eigenvalue weighted by atomic mass is 9.88. The van der Waals surface area contributed by atoms with E-state index < -0.39 is 0 Å². The van der Waals surface area contributed by atoms with Crippen LogP contribution in [0.25, 0.3) is 0 Å². The van der Waals surface area contributed by atoms with Crippen LogP contribution >= 0.6 is 0 Å². The second kappa shape index (κ2) is 5.83. The summed E-state index contributed by atoms with van der Waals surface area (Å²) < 4.78 is 5.55. The first-order valence-electron chi connectivity index (χ1n) is 6.44. The van der Waals surface area contributed by atoms with E-state index in [0.29, 0.717) is 6.10 Å². The first kappa shape index (κ1) is 11.4. The molecular weight excluding hydrogens is 188 g/mol. The van der Waals surface area contributed by atoms with E-state index in [9.17, 15) is 0 Å². The highest BCUT2D eigenvalue weighted by atomic mass is 16.5. The van der Waals surface area contributed by atoms with E-state index in [4.69, 9.17) is 4.74 Å². The van der Waals surface area contributed by atoms with Gasteiger partial charge >= 0.3 is 0 Å². The summed E-state index contributed by atoms with van der Waals surface area (Å²) in [7, 11) is 0. The molecule has 1 aliphatic heterocycles. The van der Waals surface area contributed by atoms with Crippen molar-refractivity contribution in [3.05, 3.63) is 0 Å². The van der Waals surface area contributed by atoms with Crippen LogP contribution in [0.5, 0.6) is 0 Å². The number of nitrogens with one attached hydrogen (secondary N) is 2. The molecule has 1 heterocycles. The molecular formula is C12H24N2O. The molecule has 0 aromatic carbocycles. The molecule has 0 amide bonds. The summed E-state index contributed by atoms with van der Waals surface area (Å²) in [6.45, 7) is 6.57. The van der Waals surface area contributed by atoms with Crippen LogP contribution in [0, 0.1) is 5.92 Å². The van der Waals surface area contributed by atoms with E-state index in [0.717, 1.165) is 18.6 Å². The highest BCUT2D eigenvalue weighted by Crippen LogP contribution is 2.23. The zero-order valence-corrected chi connectivity index (χ0v) is 9.80. The molecule has 0 spiro atoms. The lowest BCUT2D eigenvalue weighted by molar-refractivity contribution is -0.0108. The summed E-state index contributed by atoms with van der Waals surface area (Å²) in [6.07, 6.45) is 5.67. The maximum absolute atomic E-state index is 5.55. The summed E-state index contributed by atoms with van der Waals surface area (Å²) in [6, 6.07) is 0.733. The van der Waals surface area contributed by atoms with Gasteiger partial charge < -0.3 is 15.4 Å². The smallest absolute Gasteiger partial charge is 0.0604 e. The predicted octanol–water partition coefficient (Wildman–Crippen LogP) is 1.14. The van der Waals surface area contributed by atoms with E-state index in [2.05, 4.69) is 17.6 Å². The minimum atomic E-state index is 0.542. The second-order valence-corrected chi connectivity index (χ2v) is 4.85. The van der Waals surface area contributed by atoms with Gasteiger partial charge in [-0.15, -0.1) is 0 Å². The van der Waals surface area contributed by atoms with Gasteiger partial charge in [0.05, 0.1) is 6.10 Å². The largest absolute Gasteiger partial charge is 0.378 e. The Morgan fingerprint density at radius 1 is 1.27 bits per heavy atom. The topological polar surface area (TPSA) is 33.3 Å². The van der Waals surface area contributed by atoms with Crippen molar-refractivity contribution in [3.8, 4) is 0 Å². The molecule has 1 saturated carbocycles. The molecule has 3 nitrogen and oxygen atoms in total. The Balaban J connectivity index is 1.52. The third kappa shape index (κ3) is 3.44. The monoisotopic (exact) mass is 212 g/mol. The summed E-state index contributed by atoms with van der Waals surface area (Å²) in [5.41, 5.74) is 0. The van der Waals surface area contributed by atoms with Crippen molar-refractivity contribution in [2.75, 3.05) is 26.2 Å². The SMILES string of the molecule is CCOC1CC(NCC2CCNCC2)C1. The zero-order valence-electron chi connectivity index (χ0n) is 9.80. The lowest BCUT2D eigenvalue weighted by Gasteiger charge is -2.37. The maximum Gasteiger partial charge on any atom is 0.0604 e.